The van der Waals surface area contributed by atoms with Gasteiger partial charge in [-0.15, -0.1) is 0 Å². The molecule has 1 N–H and O–H groups in total. The summed E-state index contributed by atoms with van der Waals surface area (Å²) in [6.45, 7) is 11.0. The number of amides is 1. The SMILES string of the molecule is O=CN1Cc2ccc(CN3CC(CN4CCNCC4)C3)cc2C1. The number of fused-ring (bicyclic) bond motifs is 1. The predicted octanol–water partition coefficient (Wildman–Crippen LogP) is 0.496. The number of nitrogens with one attached hydrogen (secondary N) is 1. The third-order valence-electron chi connectivity index (χ3n) is 5.33. The molecule has 4 rings (SSSR count). The number of carbonyl (C=O) groups excluding carboxylic acids is 1. The van der Waals surface area contributed by atoms with Crippen LogP contribution in [0.1, 0.15) is 16.7 Å². The molecule has 23 heavy (non-hydrogen) atoms. The van der Waals surface area contributed by atoms with E-state index in [1.165, 1.54) is 49.4 Å². The summed E-state index contributed by atoms with van der Waals surface area (Å²) in [4.78, 5) is 17.9. The number of hydrogen-bond acceptors (Lipinski definition) is 4. The van der Waals surface area contributed by atoms with Crippen LogP contribution in [0.3, 0.4) is 0 Å². The topological polar surface area (TPSA) is 38.8 Å². The average molecular weight is 314 g/mol. The smallest absolute Gasteiger partial charge is 0.210 e. The number of carbonyl (C=O) groups is 1. The number of likely N-dealkylation sites (tertiary alicyclic amines) is 1. The van der Waals surface area contributed by atoms with E-state index in [0.717, 1.165) is 45.1 Å². The Morgan fingerprint density at radius 2 is 1.87 bits per heavy atom. The van der Waals surface area contributed by atoms with Crippen LogP contribution in [0.2, 0.25) is 0 Å². The Balaban J connectivity index is 1.25. The maximum Gasteiger partial charge on any atom is 0.210 e. The second kappa shape index (κ2) is 6.59. The maximum atomic E-state index is 10.9. The molecular weight excluding hydrogens is 288 g/mol. The molecule has 2 fully saturated rings. The van der Waals surface area contributed by atoms with Crippen LogP contribution in [0.5, 0.6) is 0 Å². The van der Waals surface area contributed by atoms with Gasteiger partial charge >= 0.3 is 0 Å². The van der Waals surface area contributed by atoms with Gasteiger partial charge in [0.2, 0.25) is 6.41 Å². The number of piperazine rings is 1. The van der Waals surface area contributed by atoms with E-state index in [4.69, 9.17) is 0 Å². The monoisotopic (exact) mass is 314 g/mol. The van der Waals surface area contributed by atoms with Gasteiger partial charge in [-0.05, 0) is 22.6 Å². The highest BCUT2D eigenvalue weighted by atomic mass is 16.1. The first-order valence-corrected chi connectivity index (χ1v) is 8.75. The fraction of sp³-hybridized carbons (Fsp3) is 0.611. The summed E-state index contributed by atoms with van der Waals surface area (Å²) in [6.07, 6.45) is 0.954. The van der Waals surface area contributed by atoms with E-state index in [1.807, 2.05) is 4.90 Å². The van der Waals surface area contributed by atoms with Crippen LogP contribution < -0.4 is 5.32 Å². The van der Waals surface area contributed by atoms with Crippen LogP contribution >= 0.6 is 0 Å². The molecule has 3 heterocycles. The molecule has 0 bridgehead atoms. The maximum absolute atomic E-state index is 10.9. The third kappa shape index (κ3) is 3.42. The summed E-state index contributed by atoms with van der Waals surface area (Å²) in [5, 5.41) is 3.42. The lowest BCUT2D eigenvalue weighted by Crippen LogP contribution is -2.53. The van der Waals surface area contributed by atoms with Crippen LogP contribution in [0.25, 0.3) is 0 Å². The second-order valence-corrected chi connectivity index (χ2v) is 7.22. The van der Waals surface area contributed by atoms with Crippen molar-refractivity contribution in [3.63, 3.8) is 0 Å². The second-order valence-electron chi connectivity index (χ2n) is 7.22. The van der Waals surface area contributed by atoms with Crippen LogP contribution in [0, 0.1) is 5.92 Å². The lowest BCUT2D eigenvalue weighted by Gasteiger charge is -2.42. The minimum atomic E-state index is 0.773. The molecule has 0 saturated carbocycles. The van der Waals surface area contributed by atoms with E-state index < -0.39 is 0 Å². The molecule has 3 aliphatic heterocycles. The van der Waals surface area contributed by atoms with Crippen molar-refractivity contribution in [2.24, 2.45) is 5.92 Å². The zero-order valence-corrected chi connectivity index (χ0v) is 13.7. The van der Waals surface area contributed by atoms with Crippen molar-refractivity contribution in [2.45, 2.75) is 19.6 Å². The first-order chi connectivity index (χ1) is 11.3. The molecular formula is C18H26N4O. The first kappa shape index (κ1) is 15.1. The molecule has 1 aromatic rings. The molecule has 0 spiro atoms. The minimum Gasteiger partial charge on any atom is -0.337 e. The normalized spacial score (nSPS) is 22.9. The van der Waals surface area contributed by atoms with E-state index in [1.54, 1.807) is 0 Å². The Hall–Kier alpha value is -1.43. The molecule has 0 unspecified atom stereocenters. The highest BCUT2D eigenvalue weighted by Crippen LogP contribution is 2.25. The summed E-state index contributed by atoms with van der Waals surface area (Å²) in [6, 6.07) is 6.73. The molecule has 0 aliphatic carbocycles. The number of hydrogen-bond donors (Lipinski definition) is 1. The molecule has 1 amide bonds. The van der Waals surface area contributed by atoms with Crippen molar-refractivity contribution < 1.29 is 4.79 Å². The Kier molecular flexibility index (Phi) is 4.33. The molecule has 3 aliphatic rings. The van der Waals surface area contributed by atoms with Crippen LogP contribution in [-0.2, 0) is 24.4 Å². The van der Waals surface area contributed by atoms with E-state index in [9.17, 15) is 4.79 Å². The summed E-state index contributed by atoms with van der Waals surface area (Å²) >= 11 is 0. The zero-order chi connectivity index (χ0) is 15.6. The van der Waals surface area contributed by atoms with Gasteiger partial charge in [0.15, 0.2) is 0 Å². The van der Waals surface area contributed by atoms with Gasteiger partial charge in [-0.25, -0.2) is 0 Å². The van der Waals surface area contributed by atoms with Crippen molar-refractivity contribution in [3.05, 3.63) is 34.9 Å². The van der Waals surface area contributed by atoms with E-state index in [-0.39, 0.29) is 0 Å². The Morgan fingerprint density at radius 1 is 1.09 bits per heavy atom. The van der Waals surface area contributed by atoms with Crippen LogP contribution in [0.4, 0.5) is 0 Å². The summed E-state index contributed by atoms with van der Waals surface area (Å²) in [5.41, 5.74) is 4.02. The van der Waals surface area contributed by atoms with Crippen LogP contribution in [0.15, 0.2) is 18.2 Å². The van der Waals surface area contributed by atoms with Gasteiger partial charge in [0.05, 0.1) is 0 Å². The van der Waals surface area contributed by atoms with E-state index >= 15 is 0 Å². The van der Waals surface area contributed by atoms with Gasteiger partial charge < -0.3 is 15.1 Å². The first-order valence-electron chi connectivity index (χ1n) is 8.75. The van der Waals surface area contributed by atoms with Gasteiger partial charge in [0.1, 0.15) is 0 Å². The highest BCUT2D eigenvalue weighted by molar-refractivity contribution is 5.51. The van der Waals surface area contributed by atoms with Gasteiger partial charge in [0.25, 0.3) is 0 Å². The highest BCUT2D eigenvalue weighted by Gasteiger charge is 2.29. The molecule has 1 aromatic carbocycles. The quantitative estimate of drug-likeness (QED) is 0.803. The van der Waals surface area contributed by atoms with Crippen molar-refractivity contribution in [3.8, 4) is 0 Å². The third-order valence-corrected chi connectivity index (χ3v) is 5.33. The van der Waals surface area contributed by atoms with Crippen molar-refractivity contribution in [1.29, 1.82) is 0 Å². The summed E-state index contributed by atoms with van der Waals surface area (Å²) in [7, 11) is 0. The standard InChI is InChI=1S/C18H26N4O/c23-14-22-12-17-2-1-15(7-18(17)13-22)8-21-10-16(11-21)9-20-5-3-19-4-6-20/h1-2,7,14,16,19H,3-6,8-13H2. The predicted molar refractivity (Wildman–Crippen MR) is 89.8 cm³/mol. The van der Waals surface area contributed by atoms with Crippen LogP contribution in [-0.4, -0.2) is 66.9 Å². The van der Waals surface area contributed by atoms with Gasteiger partial charge in [-0.1, -0.05) is 18.2 Å². The minimum absolute atomic E-state index is 0.773. The summed E-state index contributed by atoms with van der Waals surface area (Å²) < 4.78 is 0. The van der Waals surface area contributed by atoms with E-state index in [0.29, 0.717) is 0 Å². The molecule has 124 valence electrons. The molecule has 0 aromatic heterocycles. The van der Waals surface area contributed by atoms with Crippen molar-refractivity contribution in [2.75, 3.05) is 45.8 Å². The lowest BCUT2D eigenvalue weighted by atomic mass is 9.97. The van der Waals surface area contributed by atoms with Crippen molar-refractivity contribution >= 4 is 6.41 Å². The number of benzene rings is 1. The van der Waals surface area contributed by atoms with Gasteiger partial charge in [-0.2, -0.15) is 0 Å². The van der Waals surface area contributed by atoms with Gasteiger partial charge in [-0.3, -0.25) is 9.69 Å². The Bertz CT molecular complexity index is 564. The molecule has 5 nitrogen and oxygen atoms in total. The fourth-order valence-corrected chi connectivity index (χ4v) is 4.09. The molecule has 2 saturated heterocycles. The lowest BCUT2D eigenvalue weighted by molar-refractivity contribution is -0.118. The molecule has 0 radical (unpaired) electrons. The fourth-order valence-electron chi connectivity index (χ4n) is 4.09. The average Bonchev–Trinajstić information content (AvgIpc) is 2.96. The number of nitrogens with zero attached hydrogens (tertiary/aromatic N) is 3. The molecule has 5 heteroatoms. The van der Waals surface area contributed by atoms with Crippen molar-refractivity contribution in [1.82, 2.24) is 20.0 Å². The van der Waals surface area contributed by atoms with E-state index in [2.05, 4.69) is 33.3 Å². The van der Waals surface area contributed by atoms with Gasteiger partial charge in [0, 0.05) is 65.4 Å². The summed E-state index contributed by atoms with van der Waals surface area (Å²) in [5.74, 6) is 0.841. The number of rotatable bonds is 5. The zero-order valence-electron chi connectivity index (χ0n) is 13.7. The Morgan fingerprint density at radius 3 is 2.65 bits per heavy atom. The molecule has 0 atom stereocenters. The Labute approximate surface area is 138 Å². The largest absolute Gasteiger partial charge is 0.337 e.